The van der Waals surface area contributed by atoms with Crippen LogP contribution in [0.4, 0.5) is 0 Å². The largest absolute Gasteiger partial charge is 0.349 e. The van der Waals surface area contributed by atoms with Crippen molar-refractivity contribution >= 4 is 5.91 Å². The molecule has 0 saturated carbocycles. The second-order valence-corrected chi connectivity index (χ2v) is 4.58. The van der Waals surface area contributed by atoms with Gasteiger partial charge in [0.05, 0.1) is 12.0 Å². The molecule has 5 nitrogen and oxygen atoms in total. The molecule has 90 valence electrons. The number of rotatable bonds is 5. The average molecular weight is 224 g/mol. The first-order valence-corrected chi connectivity index (χ1v) is 5.47. The number of aromatic nitrogens is 2. The SMILES string of the molecule is CC(C)C(C)(CN)NC(=O)Cc1ccn[nH]1. The lowest BCUT2D eigenvalue weighted by molar-refractivity contribution is -0.122. The smallest absolute Gasteiger partial charge is 0.226 e. The molecule has 1 amide bonds. The molecular weight excluding hydrogens is 204 g/mol. The lowest BCUT2D eigenvalue weighted by atomic mass is 9.88. The van der Waals surface area contributed by atoms with E-state index in [9.17, 15) is 4.79 Å². The van der Waals surface area contributed by atoms with E-state index < -0.39 is 0 Å². The van der Waals surface area contributed by atoms with Crippen molar-refractivity contribution in [3.8, 4) is 0 Å². The third-order valence-corrected chi connectivity index (χ3v) is 3.03. The summed E-state index contributed by atoms with van der Waals surface area (Å²) in [6, 6.07) is 1.79. The standard InChI is InChI=1S/C11H20N4O/c1-8(2)11(3,7-12)14-10(16)6-9-4-5-13-15-9/h4-5,8H,6-7,12H2,1-3H3,(H,13,15)(H,14,16). The van der Waals surface area contributed by atoms with Crippen LogP contribution in [0, 0.1) is 5.92 Å². The van der Waals surface area contributed by atoms with Gasteiger partial charge in [-0.25, -0.2) is 0 Å². The predicted octanol–water partition coefficient (Wildman–Crippen LogP) is 0.442. The van der Waals surface area contributed by atoms with E-state index >= 15 is 0 Å². The van der Waals surface area contributed by atoms with Gasteiger partial charge >= 0.3 is 0 Å². The van der Waals surface area contributed by atoms with E-state index in [1.54, 1.807) is 12.3 Å². The van der Waals surface area contributed by atoms with Crippen LogP contribution in [0.3, 0.4) is 0 Å². The van der Waals surface area contributed by atoms with Crippen LogP contribution >= 0.6 is 0 Å². The highest BCUT2D eigenvalue weighted by Crippen LogP contribution is 2.14. The van der Waals surface area contributed by atoms with Crippen molar-refractivity contribution in [1.82, 2.24) is 15.5 Å². The van der Waals surface area contributed by atoms with E-state index in [2.05, 4.69) is 15.5 Å². The lowest BCUT2D eigenvalue weighted by Crippen LogP contribution is -2.55. The number of carbonyl (C=O) groups excluding carboxylic acids is 1. The molecule has 1 unspecified atom stereocenters. The van der Waals surface area contributed by atoms with E-state index in [1.165, 1.54) is 0 Å². The Kier molecular flexibility index (Phi) is 4.06. The maximum absolute atomic E-state index is 11.8. The molecule has 0 spiro atoms. The molecule has 0 bridgehead atoms. The van der Waals surface area contributed by atoms with Crippen molar-refractivity contribution in [3.05, 3.63) is 18.0 Å². The van der Waals surface area contributed by atoms with Gasteiger partial charge in [-0.15, -0.1) is 0 Å². The Labute approximate surface area is 95.8 Å². The molecule has 0 saturated heterocycles. The van der Waals surface area contributed by atoms with Crippen LogP contribution in [0.25, 0.3) is 0 Å². The molecule has 1 aromatic heterocycles. The predicted molar refractivity (Wildman–Crippen MR) is 62.7 cm³/mol. The van der Waals surface area contributed by atoms with Crippen molar-refractivity contribution in [2.45, 2.75) is 32.7 Å². The van der Waals surface area contributed by atoms with Gasteiger partial charge in [0.2, 0.25) is 5.91 Å². The lowest BCUT2D eigenvalue weighted by Gasteiger charge is -2.33. The van der Waals surface area contributed by atoms with Crippen LogP contribution in [0.15, 0.2) is 12.3 Å². The molecule has 0 aliphatic carbocycles. The first-order chi connectivity index (χ1) is 7.48. The molecule has 1 aromatic rings. The first kappa shape index (κ1) is 12.7. The van der Waals surface area contributed by atoms with Gasteiger partial charge < -0.3 is 11.1 Å². The highest BCUT2D eigenvalue weighted by Gasteiger charge is 2.28. The zero-order chi connectivity index (χ0) is 12.2. The number of amides is 1. The highest BCUT2D eigenvalue weighted by molar-refractivity contribution is 5.78. The summed E-state index contributed by atoms with van der Waals surface area (Å²) in [6.45, 7) is 6.48. The summed E-state index contributed by atoms with van der Waals surface area (Å²) in [5.41, 5.74) is 6.15. The summed E-state index contributed by atoms with van der Waals surface area (Å²) < 4.78 is 0. The Bertz CT molecular complexity index is 334. The van der Waals surface area contributed by atoms with Crippen LogP contribution in [-0.4, -0.2) is 28.2 Å². The molecule has 0 radical (unpaired) electrons. The van der Waals surface area contributed by atoms with Gasteiger partial charge in [-0.1, -0.05) is 13.8 Å². The summed E-state index contributed by atoms with van der Waals surface area (Å²) in [5, 5.41) is 9.53. The van der Waals surface area contributed by atoms with Crippen LogP contribution in [-0.2, 0) is 11.2 Å². The number of hydrogen-bond acceptors (Lipinski definition) is 3. The topological polar surface area (TPSA) is 83.8 Å². The Balaban J connectivity index is 2.56. The number of hydrogen-bond donors (Lipinski definition) is 3. The fourth-order valence-corrected chi connectivity index (χ4v) is 1.35. The quantitative estimate of drug-likeness (QED) is 0.678. The van der Waals surface area contributed by atoms with Crippen molar-refractivity contribution in [3.63, 3.8) is 0 Å². The fraction of sp³-hybridized carbons (Fsp3) is 0.636. The third kappa shape index (κ3) is 3.06. The third-order valence-electron chi connectivity index (χ3n) is 3.03. The minimum absolute atomic E-state index is 0.0362. The Hall–Kier alpha value is -1.36. The normalized spacial score (nSPS) is 14.8. The van der Waals surface area contributed by atoms with Gasteiger partial charge in [-0.3, -0.25) is 9.89 Å². The van der Waals surface area contributed by atoms with Gasteiger partial charge in [-0.2, -0.15) is 5.10 Å². The second kappa shape index (κ2) is 5.12. The molecule has 16 heavy (non-hydrogen) atoms. The average Bonchev–Trinajstić information content (AvgIpc) is 2.69. The zero-order valence-electron chi connectivity index (χ0n) is 10.1. The van der Waals surface area contributed by atoms with E-state index in [1.807, 2.05) is 20.8 Å². The first-order valence-electron chi connectivity index (χ1n) is 5.47. The molecule has 4 N–H and O–H groups in total. The second-order valence-electron chi connectivity index (χ2n) is 4.58. The van der Waals surface area contributed by atoms with Crippen LogP contribution in [0.1, 0.15) is 26.5 Å². The van der Waals surface area contributed by atoms with Crippen molar-refractivity contribution in [2.75, 3.05) is 6.54 Å². The molecule has 0 fully saturated rings. The highest BCUT2D eigenvalue weighted by atomic mass is 16.1. The van der Waals surface area contributed by atoms with Gasteiger partial charge in [0.1, 0.15) is 0 Å². The molecule has 0 aliphatic rings. The molecule has 1 heterocycles. The number of H-pyrrole nitrogens is 1. The summed E-state index contributed by atoms with van der Waals surface area (Å²) in [4.78, 5) is 11.8. The minimum atomic E-state index is -0.350. The number of aromatic amines is 1. The van der Waals surface area contributed by atoms with Crippen LogP contribution in [0.2, 0.25) is 0 Å². The number of carbonyl (C=O) groups is 1. The van der Waals surface area contributed by atoms with E-state index in [0.717, 1.165) is 5.69 Å². The zero-order valence-corrected chi connectivity index (χ0v) is 10.1. The van der Waals surface area contributed by atoms with Crippen LogP contribution < -0.4 is 11.1 Å². The van der Waals surface area contributed by atoms with E-state index in [4.69, 9.17) is 5.73 Å². The van der Waals surface area contributed by atoms with Crippen LogP contribution in [0.5, 0.6) is 0 Å². The maximum Gasteiger partial charge on any atom is 0.226 e. The van der Waals surface area contributed by atoms with Gasteiger partial charge in [0.25, 0.3) is 0 Å². The number of nitrogens with one attached hydrogen (secondary N) is 2. The Morgan fingerprint density at radius 2 is 2.38 bits per heavy atom. The fourth-order valence-electron chi connectivity index (χ4n) is 1.35. The number of nitrogens with zero attached hydrogens (tertiary/aromatic N) is 1. The number of nitrogens with two attached hydrogens (primary N) is 1. The van der Waals surface area contributed by atoms with Gasteiger partial charge in [0.15, 0.2) is 0 Å². The van der Waals surface area contributed by atoms with Crippen molar-refractivity contribution in [2.24, 2.45) is 11.7 Å². The Morgan fingerprint density at radius 3 is 2.81 bits per heavy atom. The molecule has 0 aliphatic heterocycles. The summed E-state index contributed by atoms with van der Waals surface area (Å²) in [5.74, 6) is 0.258. The molecule has 0 aromatic carbocycles. The monoisotopic (exact) mass is 224 g/mol. The van der Waals surface area contributed by atoms with E-state index in [-0.39, 0.29) is 11.4 Å². The van der Waals surface area contributed by atoms with E-state index in [0.29, 0.717) is 18.9 Å². The molecule has 1 rings (SSSR count). The molecule has 5 heteroatoms. The summed E-state index contributed by atoms with van der Waals surface area (Å²) in [7, 11) is 0. The molecular formula is C11H20N4O. The van der Waals surface area contributed by atoms with Gasteiger partial charge in [-0.05, 0) is 18.9 Å². The maximum atomic E-state index is 11.8. The summed E-state index contributed by atoms with van der Waals surface area (Å²) in [6.07, 6.45) is 1.94. The Morgan fingerprint density at radius 1 is 1.69 bits per heavy atom. The summed E-state index contributed by atoms with van der Waals surface area (Å²) >= 11 is 0. The van der Waals surface area contributed by atoms with Crippen molar-refractivity contribution < 1.29 is 4.79 Å². The minimum Gasteiger partial charge on any atom is -0.349 e. The van der Waals surface area contributed by atoms with Crippen molar-refractivity contribution in [1.29, 1.82) is 0 Å². The molecule has 1 atom stereocenters. The van der Waals surface area contributed by atoms with Gasteiger partial charge in [0, 0.05) is 18.4 Å².